The molecule has 4 heteroatoms. The average molecular weight is 233 g/mol. The van der Waals surface area contributed by atoms with Gasteiger partial charge in [0.1, 0.15) is 11.4 Å². The summed E-state index contributed by atoms with van der Waals surface area (Å²) in [7, 11) is 1.76. The van der Waals surface area contributed by atoms with Gasteiger partial charge in [-0.25, -0.2) is 9.97 Å². The minimum absolute atomic E-state index is 0.272. The highest BCUT2D eigenvalue weighted by molar-refractivity contribution is 5.45. The highest BCUT2D eigenvalue weighted by Crippen LogP contribution is 2.41. The number of ether oxygens (including phenoxy) is 1. The monoisotopic (exact) mass is 233 g/mol. The van der Waals surface area contributed by atoms with Crippen LogP contribution in [-0.2, 0) is 23.2 Å². The van der Waals surface area contributed by atoms with E-state index in [2.05, 4.69) is 4.98 Å². The Kier molecular flexibility index (Phi) is 2.54. The quantitative estimate of drug-likeness (QED) is 0.848. The van der Waals surface area contributed by atoms with Gasteiger partial charge in [0.25, 0.3) is 0 Å². The number of rotatable bonds is 2. The number of nitrogens with two attached hydrogens (primary N) is 1. The van der Waals surface area contributed by atoms with E-state index in [9.17, 15) is 0 Å². The van der Waals surface area contributed by atoms with E-state index in [0.29, 0.717) is 5.82 Å². The highest BCUT2D eigenvalue weighted by Gasteiger charge is 2.39. The van der Waals surface area contributed by atoms with Crippen LogP contribution in [0, 0.1) is 0 Å². The van der Waals surface area contributed by atoms with Crippen molar-refractivity contribution in [3.8, 4) is 0 Å². The predicted molar refractivity (Wildman–Crippen MR) is 65.6 cm³/mol. The molecule has 3 rings (SSSR count). The standard InChI is InChI=1S/C13H19N3O/c1-17-13(7-2-3-8-13)12-15-10-6-4-5-9(10)11(14)16-12/h2-8H2,1H3,(H2,14,15,16). The van der Waals surface area contributed by atoms with Crippen LogP contribution in [0.1, 0.15) is 49.2 Å². The van der Waals surface area contributed by atoms with Gasteiger partial charge < -0.3 is 10.5 Å². The Morgan fingerprint density at radius 2 is 1.88 bits per heavy atom. The molecule has 17 heavy (non-hydrogen) atoms. The van der Waals surface area contributed by atoms with E-state index >= 15 is 0 Å². The third-order valence-corrected chi connectivity index (χ3v) is 4.17. The van der Waals surface area contributed by atoms with Crippen LogP contribution in [-0.4, -0.2) is 17.1 Å². The number of aromatic nitrogens is 2. The fourth-order valence-corrected chi connectivity index (χ4v) is 3.13. The maximum Gasteiger partial charge on any atom is 0.162 e. The van der Waals surface area contributed by atoms with Crippen molar-refractivity contribution in [1.82, 2.24) is 9.97 Å². The maximum absolute atomic E-state index is 6.05. The molecule has 0 radical (unpaired) electrons. The molecule has 4 nitrogen and oxygen atoms in total. The summed E-state index contributed by atoms with van der Waals surface area (Å²) < 4.78 is 5.72. The molecular formula is C13H19N3O. The van der Waals surface area contributed by atoms with E-state index in [1.165, 1.54) is 12.8 Å². The summed E-state index contributed by atoms with van der Waals surface area (Å²) in [5.74, 6) is 1.49. The first kappa shape index (κ1) is 11.0. The third-order valence-electron chi connectivity index (χ3n) is 4.17. The molecule has 0 unspecified atom stereocenters. The summed E-state index contributed by atoms with van der Waals surface area (Å²) in [5, 5.41) is 0. The zero-order valence-corrected chi connectivity index (χ0v) is 10.3. The summed E-state index contributed by atoms with van der Waals surface area (Å²) in [6.07, 6.45) is 7.62. The molecule has 1 aromatic heterocycles. The van der Waals surface area contributed by atoms with Gasteiger partial charge >= 0.3 is 0 Å². The van der Waals surface area contributed by atoms with Crippen molar-refractivity contribution in [3.05, 3.63) is 17.1 Å². The summed E-state index contributed by atoms with van der Waals surface area (Å²) >= 11 is 0. The van der Waals surface area contributed by atoms with Crippen LogP contribution in [0.2, 0.25) is 0 Å². The van der Waals surface area contributed by atoms with Crippen LogP contribution >= 0.6 is 0 Å². The Morgan fingerprint density at radius 3 is 2.59 bits per heavy atom. The van der Waals surface area contributed by atoms with E-state index in [-0.39, 0.29) is 5.60 Å². The largest absolute Gasteiger partial charge is 0.383 e. The van der Waals surface area contributed by atoms with E-state index in [1.807, 2.05) is 0 Å². The number of nitrogen functional groups attached to an aromatic ring is 1. The molecule has 0 spiro atoms. The molecule has 2 N–H and O–H groups in total. The van der Waals surface area contributed by atoms with Gasteiger partial charge in [-0.2, -0.15) is 0 Å². The topological polar surface area (TPSA) is 61.0 Å². The molecule has 1 saturated carbocycles. The van der Waals surface area contributed by atoms with Crippen molar-refractivity contribution >= 4 is 5.82 Å². The van der Waals surface area contributed by atoms with Crippen molar-refractivity contribution in [2.24, 2.45) is 0 Å². The lowest BCUT2D eigenvalue weighted by Crippen LogP contribution is -2.28. The first-order chi connectivity index (χ1) is 8.25. The van der Waals surface area contributed by atoms with Crippen LogP contribution < -0.4 is 5.73 Å². The number of nitrogens with zero attached hydrogens (tertiary/aromatic N) is 2. The lowest BCUT2D eigenvalue weighted by molar-refractivity contribution is -0.0163. The molecule has 0 aliphatic heterocycles. The van der Waals surface area contributed by atoms with Crippen LogP contribution in [0.25, 0.3) is 0 Å². The molecule has 92 valence electrons. The number of aryl methyl sites for hydroxylation is 1. The molecule has 0 aromatic carbocycles. The van der Waals surface area contributed by atoms with Crippen LogP contribution in [0.5, 0.6) is 0 Å². The maximum atomic E-state index is 6.05. The summed E-state index contributed by atoms with van der Waals surface area (Å²) in [5.41, 5.74) is 8.09. The highest BCUT2D eigenvalue weighted by atomic mass is 16.5. The van der Waals surface area contributed by atoms with E-state index in [4.69, 9.17) is 15.5 Å². The van der Waals surface area contributed by atoms with Crippen molar-refractivity contribution in [2.45, 2.75) is 50.5 Å². The smallest absolute Gasteiger partial charge is 0.162 e. The van der Waals surface area contributed by atoms with Crippen molar-refractivity contribution in [3.63, 3.8) is 0 Å². The summed E-state index contributed by atoms with van der Waals surface area (Å²) in [4.78, 5) is 9.23. The zero-order valence-electron chi connectivity index (χ0n) is 10.3. The minimum Gasteiger partial charge on any atom is -0.383 e. The van der Waals surface area contributed by atoms with Gasteiger partial charge in [0, 0.05) is 18.4 Å². The van der Waals surface area contributed by atoms with Gasteiger partial charge in [0.05, 0.1) is 0 Å². The number of hydrogen-bond acceptors (Lipinski definition) is 4. The Morgan fingerprint density at radius 1 is 1.12 bits per heavy atom. The third kappa shape index (κ3) is 1.62. The van der Waals surface area contributed by atoms with Crippen LogP contribution in [0.15, 0.2) is 0 Å². The Bertz CT molecular complexity index is 439. The molecule has 0 saturated heterocycles. The van der Waals surface area contributed by atoms with E-state index in [1.54, 1.807) is 7.11 Å². The SMILES string of the molecule is COC1(c2nc(N)c3c(n2)CCC3)CCCC1. The molecule has 1 aromatic rings. The van der Waals surface area contributed by atoms with Gasteiger partial charge in [-0.1, -0.05) is 0 Å². The molecule has 0 atom stereocenters. The van der Waals surface area contributed by atoms with E-state index < -0.39 is 0 Å². The Hall–Kier alpha value is -1.16. The first-order valence-corrected chi connectivity index (χ1v) is 6.46. The van der Waals surface area contributed by atoms with Gasteiger partial charge in [-0.05, 0) is 44.9 Å². The van der Waals surface area contributed by atoms with Crippen molar-refractivity contribution in [1.29, 1.82) is 0 Å². The molecule has 1 heterocycles. The number of methoxy groups -OCH3 is 1. The predicted octanol–water partition coefficient (Wildman–Crippen LogP) is 1.96. The van der Waals surface area contributed by atoms with Crippen LogP contribution in [0.4, 0.5) is 5.82 Å². The summed E-state index contributed by atoms with van der Waals surface area (Å²) in [6.45, 7) is 0. The normalized spacial score (nSPS) is 21.7. The molecule has 2 aliphatic carbocycles. The minimum atomic E-state index is -0.272. The van der Waals surface area contributed by atoms with Gasteiger partial charge in [0.15, 0.2) is 5.82 Å². The molecule has 0 bridgehead atoms. The van der Waals surface area contributed by atoms with Gasteiger partial charge in [-0.15, -0.1) is 0 Å². The number of anilines is 1. The van der Waals surface area contributed by atoms with Gasteiger partial charge in [0.2, 0.25) is 0 Å². The van der Waals surface area contributed by atoms with Crippen molar-refractivity contribution in [2.75, 3.05) is 12.8 Å². The second-order valence-corrected chi connectivity index (χ2v) is 5.12. The lowest BCUT2D eigenvalue weighted by Gasteiger charge is -2.26. The molecule has 0 amide bonds. The average Bonchev–Trinajstić information content (AvgIpc) is 2.98. The lowest BCUT2D eigenvalue weighted by atomic mass is 10.0. The van der Waals surface area contributed by atoms with E-state index in [0.717, 1.165) is 49.2 Å². The fraction of sp³-hybridized carbons (Fsp3) is 0.692. The first-order valence-electron chi connectivity index (χ1n) is 6.46. The fourth-order valence-electron chi connectivity index (χ4n) is 3.13. The zero-order chi connectivity index (χ0) is 11.9. The molecule has 2 aliphatic rings. The number of hydrogen-bond donors (Lipinski definition) is 1. The summed E-state index contributed by atoms with van der Waals surface area (Å²) in [6, 6.07) is 0. The van der Waals surface area contributed by atoms with Crippen LogP contribution in [0.3, 0.4) is 0 Å². The Balaban J connectivity index is 2.06. The molecule has 1 fully saturated rings. The Labute approximate surface area is 102 Å². The second-order valence-electron chi connectivity index (χ2n) is 5.12. The number of fused-ring (bicyclic) bond motifs is 1. The van der Waals surface area contributed by atoms with Gasteiger partial charge in [-0.3, -0.25) is 0 Å². The van der Waals surface area contributed by atoms with Crippen molar-refractivity contribution < 1.29 is 4.74 Å². The second kappa shape index (κ2) is 3.95. The molecular weight excluding hydrogens is 214 g/mol.